The number of phenolic OH excluding ortho intramolecular Hbond substituents is 1. The Morgan fingerprint density at radius 2 is 0.981 bits per heavy atom. The molecule has 246 valence electrons. The fraction of sp³-hybridized carbons (Fsp3) is 0.0227. The highest BCUT2D eigenvalue weighted by atomic mass is 16.3. The minimum absolute atomic E-state index is 0.151. The molecular weight excluding hydrogens is 643 g/mol. The molecule has 0 saturated carbocycles. The highest BCUT2D eigenvalue weighted by molar-refractivity contribution is 6.23. The first-order chi connectivity index (χ1) is 25.6. The van der Waals surface area contributed by atoms with E-state index in [1.54, 1.807) is 6.07 Å². The Hall–Kier alpha value is -7.19. The van der Waals surface area contributed by atoms with E-state index in [2.05, 4.69) is 69.8 Å². The van der Waals surface area contributed by atoms with Gasteiger partial charge >= 0.3 is 0 Å². The molecule has 0 atom stereocenters. The quantitative estimate of drug-likeness (QED) is 0.196. The van der Waals surface area contributed by atoms with Gasteiger partial charge in [-0.25, -0.2) is 15.0 Å². The van der Waals surface area contributed by atoms with Gasteiger partial charge in [0.2, 0.25) is 5.95 Å². The summed E-state index contributed by atoms with van der Waals surface area (Å²) < 4.78 is 4.39. The Balaban J connectivity index is 1.31. The summed E-state index contributed by atoms with van der Waals surface area (Å²) in [6, 6.07) is 46.7. The minimum atomic E-state index is 0.151. The van der Waals surface area contributed by atoms with Crippen LogP contribution in [0.25, 0.3) is 89.4 Å². The van der Waals surface area contributed by atoms with E-state index in [9.17, 15) is 5.11 Å². The lowest BCUT2D eigenvalue weighted by atomic mass is 10.1. The molecule has 0 aliphatic carbocycles. The summed E-state index contributed by atoms with van der Waals surface area (Å²) in [5, 5.41) is 15.0. The Labute approximate surface area is 298 Å². The topological polar surface area (TPSA) is 94.5 Å². The molecule has 4 heterocycles. The summed E-state index contributed by atoms with van der Waals surface area (Å²) >= 11 is 0. The normalized spacial score (nSPS) is 11.6. The van der Waals surface area contributed by atoms with E-state index in [0.717, 1.165) is 66.0 Å². The third-order valence-electron chi connectivity index (χ3n) is 9.73. The highest BCUT2D eigenvalue weighted by Gasteiger charge is 2.24. The second kappa shape index (κ2) is 11.7. The standard InChI is InChI=1S/C44H29N7O/c1-27-13-12-22-37(52)38(27)43-45-25-30(26-46-43)50-35-20-10-8-18-31(35)33-23-24-34-32-19-9-11-21-36(32)51(40(34)39(33)50)44-48-41(28-14-4-2-5-15-28)47-42(49-44)29-16-6-3-7-17-29/h2-26,52H,1H3. The van der Waals surface area contributed by atoms with Crippen LogP contribution in [0.2, 0.25) is 0 Å². The van der Waals surface area contributed by atoms with Gasteiger partial charge in [-0.15, -0.1) is 0 Å². The number of hydrogen-bond acceptors (Lipinski definition) is 6. The number of aryl methyl sites for hydroxylation is 1. The summed E-state index contributed by atoms with van der Waals surface area (Å²) in [4.78, 5) is 24.9. The van der Waals surface area contributed by atoms with E-state index in [0.29, 0.717) is 29.0 Å². The number of benzene rings is 6. The van der Waals surface area contributed by atoms with E-state index in [-0.39, 0.29) is 5.75 Å². The molecule has 0 aliphatic heterocycles. The lowest BCUT2D eigenvalue weighted by Crippen LogP contribution is -2.07. The van der Waals surface area contributed by atoms with Gasteiger partial charge in [-0.2, -0.15) is 9.97 Å². The van der Waals surface area contributed by atoms with Crippen LogP contribution < -0.4 is 0 Å². The number of hydrogen-bond donors (Lipinski definition) is 1. The lowest BCUT2D eigenvalue weighted by molar-refractivity contribution is 0.476. The zero-order valence-corrected chi connectivity index (χ0v) is 28.0. The van der Waals surface area contributed by atoms with Crippen LogP contribution in [0.1, 0.15) is 5.56 Å². The van der Waals surface area contributed by atoms with Crippen molar-refractivity contribution in [2.75, 3.05) is 0 Å². The maximum atomic E-state index is 10.7. The van der Waals surface area contributed by atoms with Crippen molar-refractivity contribution in [3.63, 3.8) is 0 Å². The fourth-order valence-corrected chi connectivity index (χ4v) is 7.38. The average Bonchev–Trinajstić information content (AvgIpc) is 3.72. The fourth-order valence-electron chi connectivity index (χ4n) is 7.38. The molecule has 0 spiro atoms. The second-order valence-corrected chi connectivity index (χ2v) is 12.8. The van der Waals surface area contributed by atoms with Crippen LogP contribution in [-0.2, 0) is 0 Å². The maximum absolute atomic E-state index is 10.7. The van der Waals surface area contributed by atoms with Crippen LogP contribution >= 0.6 is 0 Å². The Morgan fingerprint density at radius 1 is 0.462 bits per heavy atom. The van der Waals surface area contributed by atoms with Gasteiger partial charge in [-0.05, 0) is 30.7 Å². The molecule has 0 bridgehead atoms. The molecule has 0 radical (unpaired) electrons. The van der Waals surface area contributed by atoms with Crippen molar-refractivity contribution >= 4 is 43.6 Å². The van der Waals surface area contributed by atoms with Gasteiger partial charge in [-0.1, -0.05) is 121 Å². The predicted octanol–water partition coefficient (Wildman–Crippen LogP) is 9.87. The van der Waals surface area contributed by atoms with Gasteiger partial charge in [0.05, 0.1) is 45.7 Å². The van der Waals surface area contributed by atoms with Crippen molar-refractivity contribution in [2.45, 2.75) is 6.92 Å². The van der Waals surface area contributed by atoms with Crippen LogP contribution in [0.5, 0.6) is 5.75 Å². The zero-order valence-electron chi connectivity index (χ0n) is 28.0. The first kappa shape index (κ1) is 29.7. The summed E-state index contributed by atoms with van der Waals surface area (Å²) in [7, 11) is 0. The molecule has 8 nitrogen and oxygen atoms in total. The van der Waals surface area contributed by atoms with E-state index >= 15 is 0 Å². The van der Waals surface area contributed by atoms with Crippen molar-refractivity contribution in [2.24, 2.45) is 0 Å². The minimum Gasteiger partial charge on any atom is -0.507 e. The molecule has 0 fully saturated rings. The number of nitrogens with zero attached hydrogens (tertiary/aromatic N) is 7. The van der Waals surface area contributed by atoms with E-state index < -0.39 is 0 Å². The number of rotatable bonds is 5. The molecule has 8 heteroatoms. The highest BCUT2D eigenvalue weighted by Crippen LogP contribution is 2.41. The number of fused-ring (bicyclic) bond motifs is 7. The number of aromatic hydroxyl groups is 1. The molecule has 52 heavy (non-hydrogen) atoms. The van der Waals surface area contributed by atoms with Crippen molar-refractivity contribution in [3.05, 3.63) is 157 Å². The summed E-state index contributed by atoms with van der Waals surface area (Å²) in [6.45, 7) is 1.95. The van der Waals surface area contributed by atoms with Crippen LogP contribution in [0, 0.1) is 6.92 Å². The molecule has 0 amide bonds. The third-order valence-corrected chi connectivity index (χ3v) is 9.73. The van der Waals surface area contributed by atoms with Gasteiger partial charge in [-0.3, -0.25) is 4.57 Å². The van der Waals surface area contributed by atoms with Crippen molar-refractivity contribution in [3.8, 4) is 51.5 Å². The van der Waals surface area contributed by atoms with Crippen LogP contribution in [-0.4, -0.2) is 39.2 Å². The molecule has 10 aromatic rings. The maximum Gasteiger partial charge on any atom is 0.238 e. The molecule has 6 aromatic carbocycles. The van der Waals surface area contributed by atoms with Gasteiger partial charge in [0.15, 0.2) is 17.5 Å². The zero-order chi connectivity index (χ0) is 34.8. The van der Waals surface area contributed by atoms with Crippen LogP contribution in [0.15, 0.2) is 152 Å². The summed E-state index contributed by atoms with van der Waals surface area (Å²) in [5.41, 5.74) is 8.05. The lowest BCUT2D eigenvalue weighted by Gasteiger charge is -2.13. The van der Waals surface area contributed by atoms with Crippen molar-refractivity contribution in [1.82, 2.24) is 34.1 Å². The van der Waals surface area contributed by atoms with E-state index in [4.69, 9.17) is 24.9 Å². The number of phenols is 1. The second-order valence-electron chi connectivity index (χ2n) is 12.8. The molecule has 0 aliphatic rings. The summed E-state index contributed by atoms with van der Waals surface area (Å²) in [5.74, 6) is 2.31. The van der Waals surface area contributed by atoms with E-state index in [1.807, 2.05) is 92.1 Å². The number of para-hydroxylation sites is 2. The van der Waals surface area contributed by atoms with Gasteiger partial charge < -0.3 is 9.67 Å². The molecule has 0 unspecified atom stereocenters. The van der Waals surface area contributed by atoms with Crippen molar-refractivity contribution in [1.29, 1.82) is 0 Å². The van der Waals surface area contributed by atoms with Crippen molar-refractivity contribution < 1.29 is 5.11 Å². The van der Waals surface area contributed by atoms with Gasteiger partial charge in [0.25, 0.3) is 0 Å². The average molecular weight is 672 g/mol. The van der Waals surface area contributed by atoms with Gasteiger partial charge in [0, 0.05) is 32.7 Å². The SMILES string of the molecule is Cc1cccc(O)c1-c1ncc(-n2c3ccccc3c3ccc4c5ccccc5n(-c5nc(-c6ccccc6)nc(-c6ccccc6)n5)c4c32)cn1. The monoisotopic (exact) mass is 671 g/mol. The Bertz CT molecular complexity index is 2890. The first-order valence-corrected chi connectivity index (χ1v) is 17.1. The number of aromatic nitrogens is 7. The third kappa shape index (κ3) is 4.58. The van der Waals surface area contributed by atoms with E-state index in [1.165, 1.54) is 0 Å². The first-order valence-electron chi connectivity index (χ1n) is 17.1. The van der Waals surface area contributed by atoms with Crippen LogP contribution in [0.3, 0.4) is 0 Å². The molecule has 10 rings (SSSR count). The molecule has 4 aromatic heterocycles. The van der Waals surface area contributed by atoms with Crippen LogP contribution in [0.4, 0.5) is 0 Å². The molecule has 0 saturated heterocycles. The predicted molar refractivity (Wildman–Crippen MR) is 207 cm³/mol. The Morgan fingerprint density at radius 3 is 1.56 bits per heavy atom. The molecule has 1 N–H and O–H groups in total. The Kier molecular flexibility index (Phi) is 6.69. The summed E-state index contributed by atoms with van der Waals surface area (Å²) in [6.07, 6.45) is 3.66. The molecular formula is C44H29N7O. The largest absolute Gasteiger partial charge is 0.507 e. The smallest absolute Gasteiger partial charge is 0.238 e. The van der Waals surface area contributed by atoms with Gasteiger partial charge in [0.1, 0.15) is 5.75 Å².